The second-order valence-electron chi connectivity index (χ2n) is 5.94. The average molecular weight is 431 g/mol. The van der Waals surface area contributed by atoms with Crippen LogP contribution in [0.4, 0.5) is 20.2 Å². The van der Waals surface area contributed by atoms with Gasteiger partial charge >= 0.3 is 5.97 Å². The Morgan fingerprint density at radius 1 is 1.31 bits per heavy atom. The number of rotatable bonds is 10. The molecule has 2 aromatic rings. The molecule has 0 fully saturated rings. The van der Waals surface area contributed by atoms with Crippen molar-refractivity contribution in [2.75, 3.05) is 25.1 Å². The van der Waals surface area contributed by atoms with Crippen molar-refractivity contribution >= 4 is 28.9 Å². The van der Waals surface area contributed by atoms with Gasteiger partial charge in [0.25, 0.3) is 11.6 Å². The Labute approximate surface area is 169 Å². The van der Waals surface area contributed by atoms with E-state index in [1.54, 1.807) is 0 Å². The zero-order valence-corrected chi connectivity index (χ0v) is 15.9. The van der Waals surface area contributed by atoms with Crippen LogP contribution in [0.5, 0.6) is 11.5 Å². The number of carboxylic acid groups (broad SMARTS) is 1. The van der Waals surface area contributed by atoms with Gasteiger partial charge in [0.1, 0.15) is 23.8 Å². The van der Waals surface area contributed by atoms with Gasteiger partial charge in [-0.3, -0.25) is 10.1 Å². The number of aliphatic carboxylic acids is 1. The smallest absolute Gasteiger partial charge is 0.329 e. The molecule has 11 heteroatoms. The molecule has 0 aliphatic carbocycles. The topological polar surface area (TPSA) is 111 Å². The first-order valence-corrected chi connectivity index (χ1v) is 8.63. The maximum atomic E-state index is 13.4. The molecule has 156 valence electrons. The van der Waals surface area contributed by atoms with Crippen molar-refractivity contribution in [3.8, 4) is 11.5 Å². The lowest BCUT2D eigenvalue weighted by Crippen LogP contribution is -2.14. The minimum absolute atomic E-state index is 0.00700. The molecule has 0 radical (unpaired) electrons. The van der Waals surface area contributed by atoms with E-state index in [1.165, 1.54) is 30.3 Å². The van der Waals surface area contributed by atoms with Gasteiger partial charge in [-0.15, -0.1) is 0 Å². The molecule has 0 bridgehead atoms. The molecule has 8 nitrogen and oxygen atoms in total. The maximum absolute atomic E-state index is 13.4. The van der Waals surface area contributed by atoms with Crippen LogP contribution in [0.25, 0.3) is 0 Å². The molecule has 0 saturated heterocycles. The van der Waals surface area contributed by atoms with Crippen molar-refractivity contribution in [2.24, 2.45) is 0 Å². The highest BCUT2D eigenvalue weighted by molar-refractivity contribution is 6.32. The number of carbonyl (C=O) groups is 1. The van der Waals surface area contributed by atoms with Gasteiger partial charge in [-0.2, -0.15) is 0 Å². The number of nitrogens with one attached hydrogen (secondary N) is 1. The molecule has 0 spiro atoms. The first-order chi connectivity index (χ1) is 13.6. The number of ether oxygens (including phenoxy) is 2. The molecule has 2 N–H and O–H groups in total. The lowest BCUT2D eigenvalue weighted by molar-refractivity contribution is -0.384. The first kappa shape index (κ1) is 22.3. The van der Waals surface area contributed by atoms with Crippen molar-refractivity contribution in [3.05, 3.63) is 57.1 Å². The highest BCUT2D eigenvalue weighted by Crippen LogP contribution is 2.37. The lowest BCUT2D eigenvalue weighted by atomic mass is 10.1. The first-order valence-electron chi connectivity index (χ1n) is 8.25. The predicted molar refractivity (Wildman–Crippen MR) is 101 cm³/mol. The summed E-state index contributed by atoms with van der Waals surface area (Å²) in [6.45, 7) is 0.373. The Bertz CT molecular complexity index is 904. The summed E-state index contributed by atoms with van der Waals surface area (Å²) in [7, 11) is 0. The fourth-order valence-corrected chi connectivity index (χ4v) is 2.50. The van der Waals surface area contributed by atoms with E-state index in [0.29, 0.717) is 0 Å². The number of benzene rings is 2. The molecule has 0 aliphatic heterocycles. The number of hydrogen-bond donors (Lipinski definition) is 2. The third-order valence-corrected chi connectivity index (χ3v) is 3.91. The molecule has 0 aromatic heterocycles. The molecule has 0 saturated carbocycles. The third kappa shape index (κ3) is 6.54. The summed E-state index contributed by atoms with van der Waals surface area (Å²) in [5, 5.41) is 22.4. The van der Waals surface area contributed by atoms with Gasteiger partial charge in [0.15, 0.2) is 0 Å². The molecule has 0 heterocycles. The third-order valence-electron chi connectivity index (χ3n) is 3.62. The summed E-state index contributed by atoms with van der Waals surface area (Å²) < 4.78 is 37.2. The van der Waals surface area contributed by atoms with Crippen LogP contribution in [-0.2, 0) is 15.5 Å². The van der Waals surface area contributed by atoms with Crippen molar-refractivity contribution in [2.45, 2.75) is 12.8 Å². The zero-order chi connectivity index (χ0) is 21.6. The second kappa shape index (κ2) is 9.48. The minimum atomic E-state index is -3.06. The number of nitrogens with zero attached hydrogens (tertiary/aromatic N) is 1. The standard InChI is InChI=1S/C18H17ClF2N2O6/c1-18(20,21)11-2-5-16(13(19)8-11)29-12-3-4-15(23(26)27)14(9-12)22-6-7-28-10-17(24)25/h2-5,8-9,22H,6-7,10H2,1H3,(H,24,25). The Hall–Kier alpha value is -2.98. The van der Waals surface area contributed by atoms with Crippen LogP contribution in [0, 0.1) is 10.1 Å². The van der Waals surface area contributed by atoms with E-state index in [1.807, 2.05) is 0 Å². The van der Waals surface area contributed by atoms with E-state index in [-0.39, 0.29) is 46.6 Å². The molecule has 0 amide bonds. The number of hydrogen-bond acceptors (Lipinski definition) is 6. The lowest BCUT2D eigenvalue weighted by Gasteiger charge is -2.14. The fraction of sp³-hybridized carbons (Fsp3) is 0.278. The van der Waals surface area contributed by atoms with E-state index in [4.69, 9.17) is 26.2 Å². The van der Waals surface area contributed by atoms with Crippen molar-refractivity contribution in [1.82, 2.24) is 0 Å². The second-order valence-corrected chi connectivity index (χ2v) is 6.35. The van der Waals surface area contributed by atoms with E-state index >= 15 is 0 Å². The SMILES string of the molecule is CC(F)(F)c1ccc(Oc2ccc([N+](=O)[O-])c(NCCOCC(=O)O)c2)c(Cl)c1. The van der Waals surface area contributed by atoms with Gasteiger partial charge in [-0.25, -0.2) is 13.6 Å². The number of nitro groups is 1. The van der Waals surface area contributed by atoms with Crippen molar-refractivity contribution < 1.29 is 33.1 Å². The van der Waals surface area contributed by atoms with Crippen LogP contribution < -0.4 is 10.1 Å². The van der Waals surface area contributed by atoms with Crippen LogP contribution in [0.1, 0.15) is 12.5 Å². The molecule has 29 heavy (non-hydrogen) atoms. The van der Waals surface area contributed by atoms with Crippen molar-refractivity contribution in [1.29, 1.82) is 0 Å². The van der Waals surface area contributed by atoms with Gasteiger partial charge < -0.3 is 19.9 Å². The maximum Gasteiger partial charge on any atom is 0.329 e. The van der Waals surface area contributed by atoms with Gasteiger partial charge in [-0.05, 0) is 24.3 Å². The summed E-state index contributed by atoms with van der Waals surface area (Å²) in [6.07, 6.45) is 0. The number of alkyl halides is 2. The summed E-state index contributed by atoms with van der Waals surface area (Å²) in [6, 6.07) is 7.42. The van der Waals surface area contributed by atoms with Crippen LogP contribution in [0.3, 0.4) is 0 Å². The normalized spacial score (nSPS) is 11.2. The summed E-state index contributed by atoms with van der Waals surface area (Å²) in [5.74, 6) is -3.91. The summed E-state index contributed by atoms with van der Waals surface area (Å²) >= 11 is 6.00. The molecule has 0 unspecified atom stereocenters. The zero-order valence-electron chi connectivity index (χ0n) is 15.2. The van der Waals surface area contributed by atoms with Crippen LogP contribution in [-0.4, -0.2) is 35.8 Å². The number of halogens is 3. The van der Waals surface area contributed by atoms with E-state index < -0.39 is 23.4 Å². The van der Waals surface area contributed by atoms with Crippen LogP contribution in [0.2, 0.25) is 5.02 Å². The largest absolute Gasteiger partial charge is 0.480 e. The van der Waals surface area contributed by atoms with Crippen LogP contribution in [0.15, 0.2) is 36.4 Å². The molecular formula is C18H17ClF2N2O6. The molecule has 0 atom stereocenters. The monoisotopic (exact) mass is 430 g/mol. The van der Waals surface area contributed by atoms with Gasteiger partial charge in [0.05, 0.1) is 16.6 Å². The van der Waals surface area contributed by atoms with Crippen molar-refractivity contribution in [3.63, 3.8) is 0 Å². The average Bonchev–Trinajstić information content (AvgIpc) is 2.62. The molecule has 0 aliphatic rings. The Morgan fingerprint density at radius 3 is 2.62 bits per heavy atom. The Kier molecular flexibility index (Phi) is 7.29. The van der Waals surface area contributed by atoms with Gasteiger partial charge in [-0.1, -0.05) is 11.6 Å². The van der Waals surface area contributed by atoms with E-state index in [9.17, 15) is 23.7 Å². The highest BCUT2D eigenvalue weighted by Gasteiger charge is 2.25. The number of carboxylic acids is 1. The van der Waals surface area contributed by atoms with Crippen LogP contribution >= 0.6 is 11.6 Å². The molecule has 2 rings (SSSR count). The quantitative estimate of drug-likeness (QED) is 0.320. The molecule has 2 aromatic carbocycles. The van der Waals surface area contributed by atoms with Gasteiger partial charge in [0.2, 0.25) is 0 Å². The Balaban J connectivity index is 2.15. The minimum Gasteiger partial charge on any atom is -0.480 e. The Morgan fingerprint density at radius 2 is 2.03 bits per heavy atom. The highest BCUT2D eigenvalue weighted by atomic mass is 35.5. The number of nitro benzene ring substituents is 1. The summed E-state index contributed by atoms with van der Waals surface area (Å²) in [4.78, 5) is 21.0. The van der Waals surface area contributed by atoms with Gasteiger partial charge in [0, 0.05) is 31.2 Å². The summed E-state index contributed by atoms with van der Waals surface area (Å²) in [5.41, 5.74) is -0.399. The van der Waals surface area contributed by atoms with E-state index in [0.717, 1.165) is 13.0 Å². The molecular weight excluding hydrogens is 414 g/mol. The van der Waals surface area contributed by atoms with E-state index in [2.05, 4.69) is 5.32 Å². The fourth-order valence-electron chi connectivity index (χ4n) is 2.28. The number of anilines is 1. The predicted octanol–water partition coefficient (Wildman–Crippen LogP) is 4.67.